The maximum atomic E-state index is 4.41. The van der Waals surface area contributed by atoms with Crippen molar-refractivity contribution < 1.29 is 0 Å². The maximum Gasteiger partial charge on any atom is 0.0794 e. The molecule has 0 spiro atoms. The number of hydrogen-bond acceptors (Lipinski definition) is 4. The molecule has 3 rings (SSSR count). The molecule has 1 N–H and O–H groups in total. The van der Waals surface area contributed by atoms with Gasteiger partial charge in [0, 0.05) is 43.5 Å². The van der Waals surface area contributed by atoms with E-state index in [1.807, 2.05) is 5.51 Å². The Bertz CT molecular complexity index is 526. The minimum absolute atomic E-state index is 0.479. The number of thiazole rings is 1. The summed E-state index contributed by atoms with van der Waals surface area (Å²) in [5.41, 5.74) is 4.56. The first-order valence-corrected chi connectivity index (χ1v) is 8.70. The number of nitrogens with one attached hydrogen (secondary N) is 1. The van der Waals surface area contributed by atoms with Gasteiger partial charge in [0.15, 0.2) is 0 Å². The Morgan fingerprint density at radius 1 is 1.33 bits per heavy atom. The lowest BCUT2D eigenvalue weighted by atomic mass is 9.99. The Hall–Kier alpha value is -1.23. The SMILES string of the molecule is CCC1CN(CCc2cscn2)C(c2ccccc2)CN1. The lowest BCUT2D eigenvalue weighted by molar-refractivity contribution is 0.130. The minimum atomic E-state index is 0.479. The number of benzene rings is 1. The molecule has 1 aliphatic rings. The molecule has 0 bridgehead atoms. The predicted molar refractivity (Wildman–Crippen MR) is 88.7 cm³/mol. The summed E-state index contributed by atoms with van der Waals surface area (Å²) in [4.78, 5) is 7.04. The molecular weight excluding hydrogens is 278 g/mol. The fraction of sp³-hybridized carbons (Fsp3) is 0.471. The van der Waals surface area contributed by atoms with Gasteiger partial charge in [-0.05, 0) is 12.0 Å². The average Bonchev–Trinajstić information content (AvgIpc) is 3.07. The highest BCUT2D eigenvalue weighted by molar-refractivity contribution is 7.07. The highest BCUT2D eigenvalue weighted by atomic mass is 32.1. The first-order valence-electron chi connectivity index (χ1n) is 7.76. The second-order valence-electron chi connectivity index (χ2n) is 5.66. The molecule has 2 heterocycles. The third-order valence-corrected chi connectivity index (χ3v) is 4.95. The number of rotatable bonds is 5. The first kappa shape index (κ1) is 14.7. The Balaban J connectivity index is 1.70. The van der Waals surface area contributed by atoms with Crippen LogP contribution in [0.2, 0.25) is 0 Å². The van der Waals surface area contributed by atoms with Gasteiger partial charge in [-0.15, -0.1) is 11.3 Å². The smallest absolute Gasteiger partial charge is 0.0794 e. The molecule has 3 nitrogen and oxygen atoms in total. The molecular formula is C17H23N3S. The van der Waals surface area contributed by atoms with Gasteiger partial charge in [0.25, 0.3) is 0 Å². The molecule has 4 heteroatoms. The van der Waals surface area contributed by atoms with Gasteiger partial charge in [-0.3, -0.25) is 4.90 Å². The number of piperazine rings is 1. The van der Waals surface area contributed by atoms with Crippen LogP contribution in [0.3, 0.4) is 0 Å². The molecule has 0 radical (unpaired) electrons. The van der Waals surface area contributed by atoms with Crippen molar-refractivity contribution >= 4 is 11.3 Å². The molecule has 21 heavy (non-hydrogen) atoms. The summed E-state index contributed by atoms with van der Waals surface area (Å²) in [6.07, 6.45) is 2.23. The van der Waals surface area contributed by atoms with Gasteiger partial charge in [0.2, 0.25) is 0 Å². The zero-order chi connectivity index (χ0) is 14.5. The monoisotopic (exact) mass is 301 g/mol. The summed E-state index contributed by atoms with van der Waals surface area (Å²) < 4.78 is 0. The number of nitrogens with zero attached hydrogens (tertiary/aromatic N) is 2. The van der Waals surface area contributed by atoms with Crippen LogP contribution in [-0.4, -0.2) is 35.6 Å². The van der Waals surface area contributed by atoms with Gasteiger partial charge >= 0.3 is 0 Å². The highest BCUT2D eigenvalue weighted by Crippen LogP contribution is 2.24. The average molecular weight is 301 g/mol. The molecule has 2 atom stereocenters. The third-order valence-electron chi connectivity index (χ3n) is 4.31. The van der Waals surface area contributed by atoms with Crippen LogP contribution in [-0.2, 0) is 6.42 Å². The summed E-state index contributed by atoms with van der Waals surface area (Å²) in [7, 11) is 0. The molecule has 1 aromatic heterocycles. The normalized spacial score (nSPS) is 23.3. The lowest BCUT2D eigenvalue weighted by Gasteiger charge is -2.40. The standard InChI is InChI=1S/C17H23N3S/c1-2-15-11-20(9-8-16-12-21-13-19-16)17(10-18-15)14-6-4-3-5-7-14/h3-7,12-13,15,17-18H,2,8-11H2,1H3. The Labute approximate surface area is 131 Å². The summed E-state index contributed by atoms with van der Waals surface area (Å²) in [5, 5.41) is 5.85. The van der Waals surface area contributed by atoms with Gasteiger partial charge in [-0.2, -0.15) is 0 Å². The topological polar surface area (TPSA) is 28.2 Å². The maximum absolute atomic E-state index is 4.41. The molecule has 112 valence electrons. The molecule has 0 aliphatic carbocycles. The van der Waals surface area contributed by atoms with Gasteiger partial charge in [-0.25, -0.2) is 4.98 Å². The van der Waals surface area contributed by atoms with Crippen molar-refractivity contribution in [3.05, 3.63) is 52.5 Å². The largest absolute Gasteiger partial charge is 0.311 e. The van der Waals surface area contributed by atoms with Crippen LogP contribution in [0.25, 0.3) is 0 Å². The van der Waals surface area contributed by atoms with Gasteiger partial charge in [0.1, 0.15) is 0 Å². The number of aromatic nitrogens is 1. The van der Waals surface area contributed by atoms with Gasteiger partial charge in [0.05, 0.1) is 11.2 Å². The van der Waals surface area contributed by atoms with Crippen molar-refractivity contribution in [1.29, 1.82) is 0 Å². The van der Waals surface area contributed by atoms with E-state index in [-0.39, 0.29) is 0 Å². The predicted octanol–water partition coefficient (Wildman–Crippen LogP) is 3.11. The molecule has 0 amide bonds. The van der Waals surface area contributed by atoms with Crippen LogP contribution in [0.1, 0.15) is 30.6 Å². The van der Waals surface area contributed by atoms with Crippen LogP contribution in [0.5, 0.6) is 0 Å². The van der Waals surface area contributed by atoms with E-state index in [9.17, 15) is 0 Å². The van der Waals surface area contributed by atoms with E-state index in [0.717, 1.165) is 26.1 Å². The van der Waals surface area contributed by atoms with Crippen LogP contribution in [0, 0.1) is 0 Å². The van der Waals surface area contributed by atoms with Crippen molar-refractivity contribution in [2.45, 2.75) is 31.8 Å². The fourth-order valence-electron chi connectivity index (χ4n) is 3.03. The Morgan fingerprint density at radius 2 is 2.19 bits per heavy atom. The zero-order valence-corrected chi connectivity index (χ0v) is 13.4. The van der Waals surface area contributed by atoms with Gasteiger partial charge < -0.3 is 5.32 Å². The quantitative estimate of drug-likeness (QED) is 0.920. The summed E-state index contributed by atoms with van der Waals surface area (Å²) in [6.45, 7) is 5.51. The van der Waals surface area contributed by atoms with E-state index in [1.54, 1.807) is 11.3 Å². The molecule has 2 unspecified atom stereocenters. The lowest BCUT2D eigenvalue weighted by Crippen LogP contribution is -2.52. The molecule has 2 aromatic rings. The first-order chi connectivity index (χ1) is 10.4. The van der Waals surface area contributed by atoms with E-state index in [1.165, 1.54) is 17.7 Å². The molecule has 0 saturated carbocycles. The highest BCUT2D eigenvalue weighted by Gasteiger charge is 2.27. The Kier molecular flexibility index (Phi) is 5.01. The Morgan fingerprint density at radius 3 is 2.90 bits per heavy atom. The van der Waals surface area contributed by atoms with Crippen molar-refractivity contribution in [3.8, 4) is 0 Å². The summed E-state index contributed by atoms with van der Waals surface area (Å²) in [6, 6.07) is 11.9. The van der Waals surface area contributed by atoms with Crippen molar-refractivity contribution in [3.63, 3.8) is 0 Å². The van der Waals surface area contributed by atoms with Crippen molar-refractivity contribution in [2.24, 2.45) is 0 Å². The van der Waals surface area contributed by atoms with E-state index >= 15 is 0 Å². The third kappa shape index (κ3) is 3.70. The second kappa shape index (κ2) is 7.16. The summed E-state index contributed by atoms with van der Waals surface area (Å²) in [5.74, 6) is 0. The van der Waals surface area contributed by atoms with Crippen LogP contribution >= 0.6 is 11.3 Å². The number of hydrogen-bond donors (Lipinski definition) is 1. The van der Waals surface area contributed by atoms with Crippen molar-refractivity contribution in [2.75, 3.05) is 19.6 Å². The molecule has 1 fully saturated rings. The van der Waals surface area contributed by atoms with Crippen molar-refractivity contribution in [1.82, 2.24) is 15.2 Å². The van der Waals surface area contributed by atoms with E-state index in [2.05, 4.69) is 57.8 Å². The zero-order valence-electron chi connectivity index (χ0n) is 12.5. The van der Waals surface area contributed by atoms with E-state index in [4.69, 9.17) is 0 Å². The van der Waals surface area contributed by atoms with Crippen LogP contribution < -0.4 is 5.32 Å². The van der Waals surface area contributed by atoms with Gasteiger partial charge in [-0.1, -0.05) is 37.3 Å². The molecule has 1 saturated heterocycles. The van der Waals surface area contributed by atoms with Crippen LogP contribution in [0.4, 0.5) is 0 Å². The molecule has 1 aromatic carbocycles. The summed E-state index contributed by atoms with van der Waals surface area (Å²) >= 11 is 1.69. The van der Waals surface area contributed by atoms with Crippen LogP contribution in [0.15, 0.2) is 41.2 Å². The van der Waals surface area contributed by atoms with E-state index in [0.29, 0.717) is 12.1 Å². The fourth-order valence-corrected chi connectivity index (χ4v) is 3.62. The molecule has 1 aliphatic heterocycles. The minimum Gasteiger partial charge on any atom is -0.311 e. The second-order valence-corrected chi connectivity index (χ2v) is 6.38. The van der Waals surface area contributed by atoms with E-state index < -0.39 is 0 Å².